The van der Waals surface area contributed by atoms with Crippen LogP contribution in [0.15, 0.2) is 0 Å². The fraction of sp³-hybridized carbons (Fsp3) is 0.917. The summed E-state index contributed by atoms with van der Waals surface area (Å²) in [6.07, 6.45) is 0.190. The average molecular weight is 246 g/mol. The predicted octanol–water partition coefficient (Wildman–Crippen LogP) is 0.670. The molecule has 0 fully saturated rings. The average Bonchev–Trinajstić information content (AvgIpc) is 2.15. The zero-order valence-electron chi connectivity index (χ0n) is 11.6. The third-order valence-corrected chi connectivity index (χ3v) is 2.22. The standard InChI is InChI=1S/C12H26N2O3/c1-9(2)14-12(5,11(13)15)8-16-6-7-17-10(3)4/h9-10,14H,6-8H2,1-5H3,(H2,13,15). The summed E-state index contributed by atoms with van der Waals surface area (Å²) in [6.45, 7) is 10.8. The number of hydrogen-bond acceptors (Lipinski definition) is 4. The summed E-state index contributed by atoms with van der Waals surface area (Å²) in [4.78, 5) is 11.4. The Morgan fingerprint density at radius 3 is 2.29 bits per heavy atom. The second-order valence-corrected chi connectivity index (χ2v) is 4.97. The topological polar surface area (TPSA) is 73.6 Å². The van der Waals surface area contributed by atoms with Crippen LogP contribution in [-0.4, -0.2) is 43.4 Å². The molecule has 1 atom stereocenters. The minimum absolute atomic E-state index is 0.169. The van der Waals surface area contributed by atoms with Crippen LogP contribution in [0.2, 0.25) is 0 Å². The summed E-state index contributed by atoms with van der Waals surface area (Å²) in [7, 11) is 0. The van der Waals surface area contributed by atoms with Gasteiger partial charge in [-0.15, -0.1) is 0 Å². The van der Waals surface area contributed by atoms with Crippen molar-refractivity contribution < 1.29 is 14.3 Å². The molecule has 17 heavy (non-hydrogen) atoms. The van der Waals surface area contributed by atoms with E-state index < -0.39 is 11.4 Å². The second-order valence-electron chi connectivity index (χ2n) is 4.97. The van der Waals surface area contributed by atoms with Crippen molar-refractivity contribution >= 4 is 5.91 Å². The van der Waals surface area contributed by atoms with E-state index in [1.807, 2.05) is 27.7 Å². The molecule has 1 unspecified atom stereocenters. The lowest BCUT2D eigenvalue weighted by Gasteiger charge is -2.29. The number of carbonyl (C=O) groups is 1. The summed E-state index contributed by atoms with van der Waals surface area (Å²) in [6, 6.07) is 0.169. The fourth-order valence-corrected chi connectivity index (χ4v) is 1.44. The third kappa shape index (κ3) is 7.31. The van der Waals surface area contributed by atoms with Crippen molar-refractivity contribution in [2.24, 2.45) is 5.73 Å². The van der Waals surface area contributed by atoms with Gasteiger partial charge in [0.25, 0.3) is 0 Å². The summed E-state index contributed by atoms with van der Waals surface area (Å²) >= 11 is 0. The number of primary amides is 1. The summed E-state index contributed by atoms with van der Waals surface area (Å²) < 4.78 is 10.8. The molecule has 0 heterocycles. The van der Waals surface area contributed by atoms with E-state index in [2.05, 4.69) is 5.32 Å². The highest BCUT2D eigenvalue weighted by atomic mass is 16.5. The van der Waals surface area contributed by atoms with E-state index in [0.717, 1.165) is 0 Å². The third-order valence-electron chi connectivity index (χ3n) is 2.22. The highest BCUT2D eigenvalue weighted by Gasteiger charge is 2.31. The Bertz CT molecular complexity index is 232. The normalized spacial score (nSPS) is 15.2. The first-order valence-corrected chi connectivity index (χ1v) is 6.05. The van der Waals surface area contributed by atoms with Crippen LogP contribution in [-0.2, 0) is 14.3 Å². The Morgan fingerprint density at radius 1 is 1.29 bits per heavy atom. The number of ether oxygens (including phenoxy) is 2. The molecule has 0 aliphatic carbocycles. The fourth-order valence-electron chi connectivity index (χ4n) is 1.44. The number of amides is 1. The highest BCUT2D eigenvalue weighted by Crippen LogP contribution is 2.05. The second kappa shape index (κ2) is 7.63. The Labute approximate surface area is 104 Å². The zero-order valence-corrected chi connectivity index (χ0v) is 11.6. The smallest absolute Gasteiger partial charge is 0.239 e. The van der Waals surface area contributed by atoms with Crippen molar-refractivity contribution in [1.29, 1.82) is 0 Å². The summed E-state index contributed by atoms with van der Waals surface area (Å²) in [5, 5.41) is 3.11. The van der Waals surface area contributed by atoms with E-state index in [9.17, 15) is 4.79 Å². The van der Waals surface area contributed by atoms with Gasteiger partial charge in [-0.2, -0.15) is 0 Å². The molecular formula is C12H26N2O3. The van der Waals surface area contributed by atoms with Crippen molar-refractivity contribution in [3.63, 3.8) is 0 Å². The van der Waals surface area contributed by atoms with Crippen molar-refractivity contribution in [3.8, 4) is 0 Å². The molecule has 1 amide bonds. The lowest BCUT2D eigenvalue weighted by Crippen LogP contribution is -2.58. The quantitative estimate of drug-likeness (QED) is 0.586. The Balaban J connectivity index is 3.97. The SMILES string of the molecule is CC(C)NC(C)(COCCOC(C)C)C(N)=O. The molecule has 0 aromatic heterocycles. The lowest BCUT2D eigenvalue weighted by molar-refractivity contribution is -0.127. The molecule has 0 saturated heterocycles. The van der Waals surface area contributed by atoms with Crippen LogP contribution < -0.4 is 11.1 Å². The van der Waals surface area contributed by atoms with Crippen LogP contribution in [0.5, 0.6) is 0 Å². The van der Waals surface area contributed by atoms with Gasteiger partial charge < -0.3 is 15.2 Å². The molecule has 5 heteroatoms. The Hall–Kier alpha value is -0.650. The maximum absolute atomic E-state index is 11.4. The van der Waals surface area contributed by atoms with Crippen molar-refractivity contribution in [1.82, 2.24) is 5.32 Å². The van der Waals surface area contributed by atoms with Crippen molar-refractivity contribution in [2.75, 3.05) is 19.8 Å². The van der Waals surface area contributed by atoms with Crippen LogP contribution in [0, 0.1) is 0 Å². The Kier molecular flexibility index (Phi) is 7.34. The first-order chi connectivity index (χ1) is 7.78. The maximum atomic E-state index is 11.4. The van der Waals surface area contributed by atoms with Gasteiger partial charge in [0.05, 0.1) is 25.9 Å². The van der Waals surface area contributed by atoms with Gasteiger partial charge in [0, 0.05) is 6.04 Å². The summed E-state index contributed by atoms with van der Waals surface area (Å²) in [5.41, 5.74) is 4.54. The van der Waals surface area contributed by atoms with Crippen LogP contribution in [0.3, 0.4) is 0 Å². The van der Waals surface area contributed by atoms with Crippen molar-refractivity contribution in [2.45, 2.75) is 52.3 Å². The van der Waals surface area contributed by atoms with Gasteiger partial charge in [-0.1, -0.05) is 0 Å². The van der Waals surface area contributed by atoms with E-state index in [0.29, 0.717) is 13.2 Å². The molecule has 0 bridgehead atoms. The molecule has 0 aromatic carbocycles. The summed E-state index contributed by atoms with van der Waals surface area (Å²) in [5.74, 6) is -0.407. The molecule has 0 rings (SSSR count). The molecule has 0 radical (unpaired) electrons. The van der Waals surface area contributed by atoms with E-state index >= 15 is 0 Å². The van der Waals surface area contributed by atoms with E-state index in [4.69, 9.17) is 15.2 Å². The van der Waals surface area contributed by atoms with Gasteiger partial charge in [-0.3, -0.25) is 10.1 Å². The first kappa shape index (κ1) is 16.4. The monoisotopic (exact) mass is 246 g/mol. The predicted molar refractivity (Wildman–Crippen MR) is 67.8 cm³/mol. The molecule has 102 valence electrons. The van der Waals surface area contributed by atoms with Crippen LogP contribution >= 0.6 is 0 Å². The first-order valence-electron chi connectivity index (χ1n) is 6.05. The van der Waals surface area contributed by atoms with Gasteiger partial charge >= 0.3 is 0 Å². The van der Waals surface area contributed by atoms with Gasteiger partial charge in [0.2, 0.25) is 5.91 Å². The number of nitrogens with two attached hydrogens (primary N) is 1. The van der Waals surface area contributed by atoms with E-state index in [-0.39, 0.29) is 18.8 Å². The number of nitrogens with one attached hydrogen (secondary N) is 1. The largest absolute Gasteiger partial charge is 0.377 e. The Morgan fingerprint density at radius 2 is 1.88 bits per heavy atom. The number of rotatable bonds is 9. The van der Waals surface area contributed by atoms with Crippen LogP contribution in [0.4, 0.5) is 0 Å². The maximum Gasteiger partial charge on any atom is 0.239 e. The van der Waals surface area contributed by atoms with E-state index in [1.54, 1.807) is 6.92 Å². The van der Waals surface area contributed by atoms with Crippen molar-refractivity contribution in [3.05, 3.63) is 0 Å². The van der Waals surface area contributed by atoms with Crippen LogP contribution in [0.25, 0.3) is 0 Å². The molecule has 0 aromatic rings. The molecule has 0 aliphatic heterocycles. The lowest BCUT2D eigenvalue weighted by atomic mass is 10.0. The molecule has 5 nitrogen and oxygen atoms in total. The van der Waals surface area contributed by atoms with Gasteiger partial charge in [-0.05, 0) is 34.6 Å². The highest BCUT2D eigenvalue weighted by molar-refractivity contribution is 5.84. The van der Waals surface area contributed by atoms with E-state index in [1.165, 1.54) is 0 Å². The molecule has 0 spiro atoms. The van der Waals surface area contributed by atoms with Gasteiger partial charge in [0.15, 0.2) is 0 Å². The molecule has 0 saturated carbocycles. The minimum Gasteiger partial charge on any atom is -0.377 e. The van der Waals surface area contributed by atoms with Gasteiger partial charge in [0.1, 0.15) is 5.54 Å². The van der Waals surface area contributed by atoms with Gasteiger partial charge in [-0.25, -0.2) is 0 Å². The minimum atomic E-state index is -0.827. The zero-order chi connectivity index (χ0) is 13.5. The number of carbonyl (C=O) groups excluding carboxylic acids is 1. The molecular weight excluding hydrogens is 220 g/mol. The van der Waals surface area contributed by atoms with Crippen LogP contribution in [0.1, 0.15) is 34.6 Å². The molecule has 3 N–H and O–H groups in total. The molecule has 0 aliphatic rings. The number of hydrogen-bond donors (Lipinski definition) is 2.